The number of benzene rings is 2. The molecule has 4 aromatic rings. The molecule has 0 bridgehead atoms. The quantitative estimate of drug-likeness (QED) is 0.319. The van der Waals surface area contributed by atoms with Crippen LogP contribution in [-0.2, 0) is 17.5 Å². The Bertz CT molecular complexity index is 1410. The van der Waals surface area contributed by atoms with Gasteiger partial charge in [0.2, 0.25) is 5.69 Å². The first kappa shape index (κ1) is 22.1. The molecule has 0 aliphatic rings. The van der Waals surface area contributed by atoms with Crippen LogP contribution in [0.3, 0.4) is 0 Å². The number of alkyl halides is 3. The predicted molar refractivity (Wildman–Crippen MR) is 111 cm³/mol. The van der Waals surface area contributed by atoms with Gasteiger partial charge in [-0.05, 0) is 36.8 Å². The standard InChI is InChI=1S/C23H17F3N2O5/c1-13-6-7-17-14(9-20(29)33-18(17)8-13)12-32-22(30)21-19(31-2)11-28(27-21)16-5-3-4-15(10-16)23(24,25)26/h3-11H,12H2,1-2H3. The molecule has 0 fully saturated rings. The highest BCUT2D eigenvalue weighted by molar-refractivity contribution is 5.90. The molecule has 170 valence electrons. The highest BCUT2D eigenvalue weighted by Crippen LogP contribution is 2.31. The molecule has 0 atom stereocenters. The molecule has 4 rings (SSSR count). The molecular weight excluding hydrogens is 441 g/mol. The van der Waals surface area contributed by atoms with E-state index < -0.39 is 23.3 Å². The smallest absolute Gasteiger partial charge is 0.416 e. The van der Waals surface area contributed by atoms with Crippen LogP contribution in [0.5, 0.6) is 5.75 Å². The van der Waals surface area contributed by atoms with Gasteiger partial charge in [0.25, 0.3) is 0 Å². The molecule has 2 aromatic heterocycles. The zero-order valence-electron chi connectivity index (χ0n) is 17.5. The minimum atomic E-state index is -4.53. The summed E-state index contributed by atoms with van der Waals surface area (Å²) in [7, 11) is 1.29. The SMILES string of the molecule is COc1cn(-c2cccc(C(F)(F)F)c2)nc1C(=O)OCc1cc(=O)oc2cc(C)ccc12. The molecule has 7 nitrogen and oxygen atoms in total. The average Bonchev–Trinajstić information content (AvgIpc) is 3.21. The number of carbonyl (C=O) groups is 1. The Morgan fingerprint density at radius 3 is 2.67 bits per heavy atom. The number of carbonyl (C=O) groups excluding carboxylic acids is 1. The predicted octanol–water partition coefficient (Wildman–Crippen LogP) is 4.67. The van der Waals surface area contributed by atoms with E-state index >= 15 is 0 Å². The summed E-state index contributed by atoms with van der Waals surface area (Å²) in [4.78, 5) is 24.6. The van der Waals surface area contributed by atoms with Gasteiger partial charge in [-0.25, -0.2) is 14.3 Å². The van der Waals surface area contributed by atoms with Gasteiger partial charge in [-0.3, -0.25) is 0 Å². The molecule has 0 aliphatic carbocycles. The third-order valence-corrected chi connectivity index (χ3v) is 4.88. The van der Waals surface area contributed by atoms with Gasteiger partial charge >= 0.3 is 17.8 Å². The van der Waals surface area contributed by atoms with E-state index in [1.807, 2.05) is 13.0 Å². The highest BCUT2D eigenvalue weighted by Gasteiger charge is 2.31. The van der Waals surface area contributed by atoms with Gasteiger partial charge in [-0.1, -0.05) is 18.2 Å². The van der Waals surface area contributed by atoms with Crippen LogP contribution < -0.4 is 10.4 Å². The lowest BCUT2D eigenvalue weighted by Gasteiger charge is -2.08. The summed E-state index contributed by atoms with van der Waals surface area (Å²) in [5, 5.41) is 4.65. The Morgan fingerprint density at radius 1 is 1.15 bits per heavy atom. The lowest BCUT2D eigenvalue weighted by molar-refractivity contribution is -0.137. The summed E-state index contributed by atoms with van der Waals surface area (Å²) in [6.45, 7) is 1.60. The van der Waals surface area contributed by atoms with Crippen molar-refractivity contribution in [1.82, 2.24) is 9.78 Å². The highest BCUT2D eigenvalue weighted by atomic mass is 19.4. The van der Waals surface area contributed by atoms with Gasteiger partial charge in [0, 0.05) is 17.0 Å². The van der Waals surface area contributed by atoms with Crippen molar-refractivity contribution in [3.05, 3.63) is 87.5 Å². The minimum Gasteiger partial charge on any atom is -0.493 e. The Morgan fingerprint density at radius 2 is 1.94 bits per heavy atom. The Kier molecular flexibility index (Phi) is 5.67. The maximum absolute atomic E-state index is 13.0. The number of rotatable bonds is 5. The van der Waals surface area contributed by atoms with Crippen LogP contribution in [0.1, 0.15) is 27.2 Å². The van der Waals surface area contributed by atoms with Crippen LogP contribution in [0, 0.1) is 6.92 Å². The lowest BCUT2D eigenvalue weighted by Crippen LogP contribution is -2.10. The zero-order chi connectivity index (χ0) is 23.8. The number of esters is 1. The Hall–Kier alpha value is -4.08. The van der Waals surface area contributed by atoms with Gasteiger partial charge in [0.1, 0.15) is 12.2 Å². The fraction of sp³-hybridized carbons (Fsp3) is 0.174. The van der Waals surface area contributed by atoms with Crippen molar-refractivity contribution in [3.63, 3.8) is 0 Å². The van der Waals surface area contributed by atoms with E-state index in [0.29, 0.717) is 16.5 Å². The number of ether oxygens (including phenoxy) is 2. The molecule has 0 N–H and O–H groups in total. The van der Waals surface area contributed by atoms with E-state index in [4.69, 9.17) is 13.9 Å². The second kappa shape index (κ2) is 8.45. The molecule has 0 aliphatic heterocycles. The van der Waals surface area contributed by atoms with Crippen molar-refractivity contribution in [2.45, 2.75) is 19.7 Å². The monoisotopic (exact) mass is 458 g/mol. The van der Waals surface area contributed by atoms with Crippen molar-refractivity contribution in [2.24, 2.45) is 0 Å². The van der Waals surface area contributed by atoms with E-state index in [9.17, 15) is 22.8 Å². The van der Waals surface area contributed by atoms with E-state index in [1.54, 1.807) is 12.1 Å². The van der Waals surface area contributed by atoms with Crippen LogP contribution in [-0.4, -0.2) is 22.9 Å². The van der Waals surface area contributed by atoms with Crippen LogP contribution in [0.2, 0.25) is 0 Å². The molecule has 0 radical (unpaired) electrons. The number of aromatic nitrogens is 2. The summed E-state index contributed by atoms with van der Waals surface area (Å²) in [6.07, 6.45) is -3.25. The maximum atomic E-state index is 13.0. The zero-order valence-corrected chi connectivity index (χ0v) is 17.5. The van der Waals surface area contributed by atoms with Crippen molar-refractivity contribution in [3.8, 4) is 11.4 Å². The van der Waals surface area contributed by atoms with E-state index in [2.05, 4.69) is 5.10 Å². The van der Waals surface area contributed by atoms with Crippen molar-refractivity contribution < 1.29 is 31.9 Å². The lowest BCUT2D eigenvalue weighted by atomic mass is 10.1. The average molecular weight is 458 g/mol. The number of methoxy groups -OCH3 is 1. The number of hydrogen-bond donors (Lipinski definition) is 0. The largest absolute Gasteiger partial charge is 0.493 e. The second-order valence-corrected chi connectivity index (χ2v) is 7.21. The Labute approximate surface area is 185 Å². The van der Waals surface area contributed by atoms with Crippen LogP contribution in [0.15, 0.2) is 63.9 Å². The topological polar surface area (TPSA) is 83.6 Å². The van der Waals surface area contributed by atoms with E-state index in [1.165, 1.54) is 31.5 Å². The van der Waals surface area contributed by atoms with Gasteiger partial charge in [-0.2, -0.15) is 18.3 Å². The van der Waals surface area contributed by atoms with E-state index in [0.717, 1.165) is 22.4 Å². The molecule has 0 amide bonds. The number of fused-ring (bicyclic) bond motifs is 1. The molecule has 2 heterocycles. The summed E-state index contributed by atoms with van der Waals surface area (Å²) < 4.78 is 55.8. The molecule has 0 saturated carbocycles. The van der Waals surface area contributed by atoms with Crippen molar-refractivity contribution in [1.29, 1.82) is 0 Å². The summed E-state index contributed by atoms with van der Waals surface area (Å²) >= 11 is 0. The van der Waals surface area contributed by atoms with Crippen molar-refractivity contribution >= 4 is 16.9 Å². The first-order valence-electron chi connectivity index (χ1n) is 9.67. The van der Waals surface area contributed by atoms with Crippen LogP contribution in [0.25, 0.3) is 16.7 Å². The number of hydrogen-bond acceptors (Lipinski definition) is 6. The fourth-order valence-electron chi connectivity index (χ4n) is 3.27. The molecule has 0 unspecified atom stereocenters. The number of nitrogens with zero attached hydrogens (tertiary/aromatic N) is 2. The molecular formula is C23H17F3N2O5. The first-order chi connectivity index (χ1) is 15.7. The molecule has 33 heavy (non-hydrogen) atoms. The van der Waals surface area contributed by atoms with E-state index in [-0.39, 0.29) is 23.7 Å². The third-order valence-electron chi connectivity index (χ3n) is 4.88. The summed E-state index contributed by atoms with van der Waals surface area (Å²) in [5.74, 6) is -0.850. The molecule has 2 aromatic carbocycles. The van der Waals surface area contributed by atoms with Crippen LogP contribution >= 0.6 is 0 Å². The number of halogens is 3. The fourth-order valence-corrected chi connectivity index (χ4v) is 3.27. The maximum Gasteiger partial charge on any atom is 0.416 e. The van der Waals surface area contributed by atoms with Gasteiger partial charge in [0.15, 0.2) is 5.75 Å². The van der Waals surface area contributed by atoms with Crippen molar-refractivity contribution in [2.75, 3.05) is 7.11 Å². The normalized spacial score (nSPS) is 11.5. The number of aryl methyl sites for hydroxylation is 1. The summed E-state index contributed by atoms with van der Waals surface area (Å²) in [5.41, 5.74) is 0.104. The molecule has 10 heteroatoms. The first-order valence-corrected chi connectivity index (χ1v) is 9.67. The van der Waals surface area contributed by atoms with Gasteiger partial charge < -0.3 is 13.9 Å². The van der Waals surface area contributed by atoms with Gasteiger partial charge in [-0.15, -0.1) is 0 Å². The third kappa shape index (κ3) is 4.59. The summed E-state index contributed by atoms with van der Waals surface area (Å²) in [6, 6.07) is 11.0. The molecule has 0 saturated heterocycles. The Balaban J connectivity index is 1.61. The molecule has 0 spiro atoms. The van der Waals surface area contributed by atoms with Gasteiger partial charge in [0.05, 0.1) is 24.6 Å². The van der Waals surface area contributed by atoms with Crippen LogP contribution in [0.4, 0.5) is 13.2 Å². The second-order valence-electron chi connectivity index (χ2n) is 7.21. The minimum absolute atomic E-state index is 0.0190.